The number of rotatable bonds is 4. The van der Waals surface area contributed by atoms with Crippen LogP contribution in [-0.4, -0.2) is 4.55 Å². The summed E-state index contributed by atoms with van der Waals surface area (Å²) in [4.78, 5) is 0. The molecule has 0 aliphatic heterocycles. The van der Waals surface area contributed by atoms with Crippen LogP contribution in [0.2, 0.25) is 0 Å². The van der Waals surface area contributed by atoms with Crippen molar-refractivity contribution in [3.63, 3.8) is 0 Å². The number of aryl methyl sites for hydroxylation is 1. The third kappa shape index (κ3) is 3.60. The van der Waals surface area contributed by atoms with E-state index in [9.17, 15) is 4.55 Å². The lowest BCUT2D eigenvalue weighted by atomic mass is 10.1. The Hall–Kier alpha value is -0.730. The van der Waals surface area contributed by atoms with Crippen molar-refractivity contribution in [3.05, 3.63) is 47.4 Å². The highest BCUT2D eigenvalue weighted by Crippen LogP contribution is 2.03. The third-order valence-electron chi connectivity index (χ3n) is 1.59. The summed E-state index contributed by atoms with van der Waals surface area (Å²) in [6.07, 6.45) is 3.86. The molecular weight excluding hydrogens is 168 g/mol. The van der Waals surface area contributed by atoms with Crippen LogP contribution in [0.3, 0.4) is 0 Å². The van der Waals surface area contributed by atoms with Crippen LogP contribution in [-0.2, 0) is 6.42 Å². The van der Waals surface area contributed by atoms with Crippen molar-refractivity contribution in [1.82, 2.24) is 0 Å². The van der Waals surface area contributed by atoms with Gasteiger partial charge in [0.25, 0.3) is 0 Å². The summed E-state index contributed by atoms with van der Waals surface area (Å²) in [5, 5.41) is 1.59. The number of hydrogen-bond acceptors (Lipinski definition) is 2. The SMILES string of the molecule is [O-]S/C=C/CCc1ccccc1. The zero-order valence-corrected chi connectivity index (χ0v) is 7.59. The fourth-order valence-electron chi connectivity index (χ4n) is 1.00. The maximum Gasteiger partial charge on any atom is -0.0244 e. The predicted octanol–water partition coefficient (Wildman–Crippen LogP) is 3.00. The highest BCUT2D eigenvalue weighted by molar-refractivity contribution is 7.96. The number of allylic oxidation sites excluding steroid dienone is 1. The van der Waals surface area contributed by atoms with Crippen LogP contribution in [0.4, 0.5) is 0 Å². The molecule has 0 aromatic heterocycles. The van der Waals surface area contributed by atoms with Gasteiger partial charge >= 0.3 is 0 Å². The molecule has 1 aromatic rings. The Morgan fingerprint density at radius 2 is 2.00 bits per heavy atom. The monoisotopic (exact) mass is 179 g/mol. The van der Waals surface area contributed by atoms with Gasteiger partial charge in [0.05, 0.1) is 0 Å². The van der Waals surface area contributed by atoms with E-state index < -0.39 is 0 Å². The smallest absolute Gasteiger partial charge is 0.0244 e. The molecule has 1 nitrogen and oxygen atoms in total. The summed E-state index contributed by atoms with van der Waals surface area (Å²) in [5.41, 5.74) is 1.32. The predicted molar refractivity (Wildman–Crippen MR) is 52.3 cm³/mol. The van der Waals surface area contributed by atoms with E-state index in [1.807, 2.05) is 24.3 Å². The van der Waals surface area contributed by atoms with Gasteiger partial charge in [-0.25, -0.2) is 12.0 Å². The molecule has 0 fully saturated rings. The second-order valence-corrected chi connectivity index (χ2v) is 2.96. The average Bonchev–Trinajstić information content (AvgIpc) is 2.14. The third-order valence-corrected chi connectivity index (χ3v) is 1.90. The van der Waals surface area contributed by atoms with E-state index in [0.717, 1.165) is 12.8 Å². The van der Waals surface area contributed by atoms with Crippen LogP contribution in [0.15, 0.2) is 41.8 Å². The first-order valence-corrected chi connectivity index (χ1v) is 4.71. The highest BCUT2D eigenvalue weighted by atomic mass is 32.2. The van der Waals surface area contributed by atoms with E-state index in [0.29, 0.717) is 12.0 Å². The first-order chi connectivity index (χ1) is 5.93. The summed E-state index contributed by atoms with van der Waals surface area (Å²) in [7, 11) is 0. The summed E-state index contributed by atoms with van der Waals surface area (Å²) < 4.78 is 9.97. The Morgan fingerprint density at radius 1 is 1.25 bits per heavy atom. The maximum absolute atomic E-state index is 9.97. The standard InChI is InChI=1S/C10H12OS/c11-12-9-5-4-8-10-6-2-1-3-7-10/h1-3,5-7,9,11H,4,8H2/p-1/b9-5+. The molecule has 0 unspecified atom stereocenters. The van der Waals surface area contributed by atoms with Gasteiger partial charge in [0.15, 0.2) is 0 Å². The molecule has 0 aliphatic carbocycles. The lowest BCUT2D eigenvalue weighted by molar-refractivity contribution is 0.626. The first-order valence-electron chi connectivity index (χ1n) is 3.91. The second-order valence-electron chi connectivity index (χ2n) is 2.49. The molecule has 0 bridgehead atoms. The molecule has 0 heterocycles. The molecule has 0 saturated carbocycles. The van der Waals surface area contributed by atoms with Gasteiger partial charge in [-0.2, -0.15) is 0 Å². The molecule has 0 aliphatic rings. The minimum atomic E-state index is 0.506. The van der Waals surface area contributed by atoms with Crippen molar-refractivity contribution >= 4 is 12.0 Å². The molecule has 64 valence electrons. The number of benzene rings is 1. The molecule has 0 saturated heterocycles. The second kappa shape index (κ2) is 5.86. The highest BCUT2D eigenvalue weighted by Gasteiger charge is 1.86. The van der Waals surface area contributed by atoms with E-state index in [1.54, 1.807) is 5.41 Å². The molecule has 0 atom stereocenters. The Balaban J connectivity index is 2.29. The zero-order valence-electron chi connectivity index (χ0n) is 6.77. The van der Waals surface area contributed by atoms with Crippen LogP contribution in [0.25, 0.3) is 0 Å². The van der Waals surface area contributed by atoms with Gasteiger partial charge in [0, 0.05) is 0 Å². The summed E-state index contributed by atoms with van der Waals surface area (Å²) in [6.45, 7) is 0. The summed E-state index contributed by atoms with van der Waals surface area (Å²) in [6, 6.07) is 10.3. The average molecular weight is 179 g/mol. The minimum Gasteiger partial charge on any atom is -0.795 e. The quantitative estimate of drug-likeness (QED) is 0.663. The summed E-state index contributed by atoms with van der Waals surface area (Å²) in [5.74, 6) is 0. The van der Waals surface area contributed by atoms with Crippen molar-refractivity contribution in [2.75, 3.05) is 0 Å². The number of hydrogen-bond donors (Lipinski definition) is 0. The Labute approximate surface area is 77.3 Å². The molecule has 1 aromatic carbocycles. The molecular formula is C10H11OS-. The van der Waals surface area contributed by atoms with Crippen LogP contribution in [0.1, 0.15) is 12.0 Å². The molecule has 0 spiro atoms. The van der Waals surface area contributed by atoms with E-state index in [2.05, 4.69) is 12.1 Å². The fraction of sp³-hybridized carbons (Fsp3) is 0.200. The molecule has 1 rings (SSSR count). The van der Waals surface area contributed by atoms with Crippen molar-refractivity contribution < 1.29 is 4.55 Å². The Morgan fingerprint density at radius 3 is 2.67 bits per heavy atom. The van der Waals surface area contributed by atoms with Gasteiger partial charge in [-0.05, 0) is 23.8 Å². The molecule has 2 heteroatoms. The van der Waals surface area contributed by atoms with Crippen molar-refractivity contribution in [2.24, 2.45) is 0 Å². The van der Waals surface area contributed by atoms with Gasteiger partial charge in [-0.1, -0.05) is 36.4 Å². The Bertz CT molecular complexity index is 231. The van der Waals surface area contributed by atoms with Crippen LogP contribution < -0.4 is 0 Å². The topological polar surface area (TPSA) is 23.1 Å². The van der Waals surface area contributed by atoms with Crippen molar-refractivity contribution in [3.8, 4) is 0 Å². The largest absolute Gasteiger partial charge is 0.795 e. The van der Waals surface area contributed by atoms with E-state index >= 15 is 0 Å². The fourth-order valence-corrected chi connectivity index (χ4v) is 1.22. The van der Waals surface area contributed by atoms with Gasteiger partial charge in [0.1, 0.15) is 0 Å². The van der Waals surface area contributed by atoms with Crippen LogP contribution >= 0.6 is 12.0 Å². The zero-order chi connectivity index (χ0) is 8.65. The van der Waals surface area contributed by atoms with E-state index in [1.165, 1.54) is 5.56 Å². The van der Waals surface area contributed by atoms with E-state index in [-0.39, 0.29) is 0 Å². The lowest BCUT2D eigenvalue weighted by Gasteiger charge is -1.97. The molecule has 0 amide bonds. The lowest BCUT2D eigenvalue weighted by Crippen LogP contribution is -1.80. The van der Waals surface area contributed by atoms with Gasteiger partial charge in [-0.15, -0.1) is 0 Å². The van der Waals surface area contributed by atoms with Gasteiger partial charge in [0.2, 0.25) is 0 Å². The van der Waals surface area contributed by atoms with Crippen LogP contribution in [0.5, 0.6) is 0 Å². The minimum absolute atomic E-state index is 0.506. The normalized spacial score (nSPS) is 10.8. The maximum atomic E-state index is 9.97. The van der Waals surface area contributed by atoms with E-state index in [4.69, 9.17) is 0 Å². The van der Waals surface area contributed by atoms with Crippen LogP contribution in [0, 0.1) is 0 Å². The van der Waals surface area contributed by atoms with Crippen molar-refractivity contribution in [1.29, 1.82) is 0 Å². The van der Waals surface area contributed by atoms with Gasteiger partial charge in [-0.3, -0.25) is 0 Å². The molecule has 12 heavy (non-hydrogen) atoms. The van der Waals surface area contributed by atoms with Gasteiger partial charge < -0.3 is 4.55 Å². The molecule has 0 N–H and O–H groups in total. The van der Waals surface area contributed by atoms with Crippen molar-refractivity contribution in [2.45, 2.75) is 12.8 Å². The first kappa shape index (κ1) is 9.36. The Kier molecular flexibility index (Phi) is 4.57. The summed E-state index contributed by atoms with van der Waals surface area (Å²) >= 11 is 0.506. The molecule has 0 radical (unpaired) electrons.